The molecule has 0 aromatic carbocycles. The van der Waals surface area contributed by atoms with E-state index in [1.807, 2.05) is 4.98 Å². The molecular formula is C34H47N12O22P3S. The first-order valence-electron chi connectivity index (χ1n) is 20.9. The second-order valence-electron chi connectivity index (χ2n) is 16.1. The number of aliphatic hydroxyl groups excluding tert-OH is 3. The Morgan fingerprint density at radius 3 is 2.33 bits per heavy atom. The number of aromatic amines is 2. The Morgan fingerprint density at radius 2 is 1.61 bits per heavy atom. The van der Waals surface area contributed by atoms with Crippen LogP contribution < -0.4 is 37.7 Å². The van der Waals surface area contributed by atoms with Gasteiger partial charge in [0.1, 0.15) is 42.4 Å². The van der Waals surface area contributed by atoms with Gasteiger partial charge in [-0.2, -0.15) is 4.31 Å². The zero-order valence-electron chi connectivity index (χ0n) is 37.5. The van der Waals surface area contributed by atoms with Crippen LogP contribution in [0, 0.1) is 5.92 Å². The van der Waals surface area contributed by atoms with Crippen LogP contribution in [0.25, 0.3) is 22.3 Å². The highest BCUT2D eigenvalue weighted by atomic mass is 32.2. The van der Waals surface area contributed by atoms with E-state index in [1.165, 1.54) is 47.6 Å². The SMILES string of the molecule is COC[C@H]1[C@@H](O)[C@H]([n+]2cn(C)c3c(=O)[nH]c(N)nc32)O[C@@H]1COP(=O)([O-])OP(=O)(O)OP(=O)(O)OC[C@H]1O[C@@H](n2cnc3c(N)ncnc32)[C@H](OC)[C@@H]1SCOC[C@H]1O[C@@H](n2ccc(=O)[nH]c2=O)[C@H](O)[C@@H]1O. The van der Waals surface area contributed by atoms with E-state index < -0.39 is 126 Å². The Morgan fingerprint density at radius 1 is 0.875 bits per heavy atom. The highest BCUT2D eigenvalue weighted by molar-refractivity contribution is 7.99. The normalized spacial score (nSPS) is 30.2. The number of nitrogens with zero attached hydrogens (tertiary/aromatic N) is 8. The number of thioether (sulfide) groups is 1. The summed E-state index contributed by atoms with van der Waals surface area (Å²) in [5.41, 5.74) is 9.92. The number of aromatic nitrogens is 10. The zero-order chi connectivity index (χ0) is 52.0. The summed E-state index contributed by atoms with van der Waals surface area (Å²) in [6, 6.07) is 1.02. The number of ether oxygens (including phenoxy) is 6. The van der Waals surface area contributed by atoms with Crippen LogP contribution in [-0.2, 0) is 66.8 Å². The van der Waals surface area contributed by atoms with Crippen LogP contribution in [0.5, 0.6) is 0 Å². The number of hydrogen-bond acceptors (Lipinski definition) is 27. The molecular weight excluding hydrogens is 1050 g/mol. The van der Waals surface area contributed by atoms with Gasteiger partial charge in [-0.15, -0.1) is 11.8 Å². The minimum Gasteiger partial charge on any atom is -0.756 e. The molecule has 3 aliphatic rings. The number of phosphoric ester groups is 2. The van der Waals surface area contributed by atoms with Crippen LogP contribution in [0.4, 0.5) is 11.8 Å². The maximum absolute atomic E-state index is 13.2. The molecule has 0 spiro atoms. The Bertz CT molecular complexity index is 3110. The van der Waals surface area contributed by atoms with Crippen LogP contribution in [-0.4, -0.2) is 163 Å². The molecule has 3 aliphatic heterocycles. The number of aliphatic hydroxyl groups is 3. The van der Waals surface area contributed by atoms with Crippen LogP contribution in [0.1, 0.15) is 18.7 Å². The topological polar surface area (TPSA) is 473 Å². The quantitative estimate of drug-likeness (QED) is 0.0146. The van der Waals surface area contributed by atoms with Gasteiger partial charge in [-0.05, 0) is 0 Å². The lowest BCUT2D eigenvalue weighted by atomic mass is 9.99. The molecule has 3 saturated heterocycles. The van der Waals surface area contributed by atoms with Gasteiger partial charge in [-0.1, -0.05) is 4.98 Å². The first-order chi connectivity index (χ1) is 34.0. The Hall–Kier alpha value is -4.42. The molecule has 0 amide bonds. The van der Waals surface area contributed by atoms with Gasteiger partial charge in [0.05, 0.1) is 63.2 Å². The van der Waals surface area contributed by atoms with Crippen molar-refractivity contribution in [1.82, 2.24) is 43.6 Å². The molecule has 15 atom stereocenters. The van der Waals surface area contributed by atoms with Crippen molar-refractivity contribution in [3.05, 3.63) is 62.4 Å². The number of imidazole rings is 2. The minimum absolute atomic E-state index is 0.00348. The van der Waals surface area contributed by atoms with Gasteiger partial charge in [0.2, 0.25) is 11.7 Å². The van der Waals surface area contributed by atoms with Crippen molar-refractivity contribution in [1.29, 1.82) is 0 Å². The lowest BCUT2D eigenvalue weighted by molar-refractivity contribution is -0.745. The molecule has 5 aromatic heterocycles. The van der Waals surface area contributed by atoms with Gasteiger partial charge in [-0.25, -0.2) is 37.8 Å². The van der Waals surface area contributed by atoms with Gasteiger partial charge in [-0.3, -0.25) is 42.3 Å². The molecule has 8 rings (SSSR count). The third-order valence-corrected chi connectivity index (χ3v) is 16.9. The van der Waals surface area contributed by atoms with Crippen molar-refractivity contribution in [2.45, 2.75) is 66.7 Å². The summed E-state index contributed by atoms with van der Waals surface area (Å²) in [5, 5.41) is 31.6. The number of methoxy groups -OCH3 is 2. The smallest absolute Gasteiger partial charge is 0.487 e. The fraction of sp³-hybridized carbons (Fsp3) is 0.588. The molecule has 72 heavy (non-hydrogen) atoms. The summed E-state index contributed by atoms with van der Waals surface area (Å²) >= 11 is 0.981. The maximum Gasteiger partial charge on any atom is 0.487 e. The predicted molar refractivity (Wildman–Crippen MR) is 236 cm³/mol. The highest BCUT2D eigenvalue weighted by Crippen LogP contribution is 2.67. The predicted octanol–water partition coefficient (Wildman–Crippen LogP) is -4.03. The van der Waals surface area contributed by atoms with Crippen molar-refractivity contribution in [2.75, 3.05) is 58.1 Å². The second kappa shape index (κ2) is 21.4. The first-order valence-corrected chi connectivity index (χ1v) is 26.4. The van der Waals surface area contributed by atoms with E-state index in [2.05, 4.69) is 33.5 Å². The number of fused-ring (bicyclic) bond motifs is 2. The van der Waals surface area contributed by atoms with E-state index in [4.69, 9.17) is 48.9 Å². The lowest BCUT2D eigenvalue weighted by Gasteiger charge is -2.27. The van der Waals surface area contributed by atoms with E-state index in [0.29, 0.717) is 0 Å². The summed E-state index contributed by atoms with van der Waals surface area (Å²) in [6.07, 6.45) is -8.32. The average Bonchev–Trinajstić information content (AvgIpc) is 4.10. The van der Waals surface area contributed by atoms with E-state index in [-0.39, 0.29) is 53.2 Å². The largest absolute Gasteiger partial charge is 0.756 e. The summed E-state index contributed by atoms with van der Waals surface area (Å²) in [5.74, 6) is -1.50. The van der Waals surface area contributed by atoms with Crippen LogP contribution >= 0.6 is 35.2 Å². The number of phosphoric acid groups is 3. The van der Waals surface area contributed by atoms with Crippen LogP contribution in [0.2, 0.25) is 0 Å². The fourth-order valence-electron chi connectivity index (χ4n) is 8.28. The number of nitrogens with one attached hydrogen (secondary N) is 2. The van der Waals surface area contributed by atoms with Gasteiger partial charge in [0, 0.05) is 32.4 Å². The lowest BCUT2D eigenvalue weighted by Crippen LogP contribution is -2.45. The van der Waals surface area contributed by atoms with Gasteiger partial charge in [0.15, 0.2) is 30.2 Å². The van der Waals surface area contributed by atoms with Crippen molar-refractivity contribution < 1.29 is 94.4 Å². The molecule has 38 heteroatoms. The molecule has 3 fully saturated rings. The summed E-state index contributed by atoms with van der Waals surface area (Å²) in [4.78, 5) is 91.2. The number of hydrogen-bond donors (Lipinski definition) is 9. The number of anilines is 2. The molecule has 8 heterocycles. The summed E-state index contributed by atoms with van der Waals surface area (Å²) in [7, 11) is -13.7. The standard InChI is InChI=1S/C34H47N12O22P3S/c1-43-12-46(28-20(43)29(51)42-33(36)41-28)30-21(48)14(6-59-2)15(64-30)8-62-69(53,54)67-71(57,58)68-70(55,56)63-9-17-25(24(60-3)32(66-17)45-11-39-19-26(35)37-10-38-27(19)45)72-13-61-7-16-22(49)23(50)31(65-16)44-5-4-18(47)40-34(44)52/h4-5,10-12,14-17,21-25,30-32,48-50H,6-9,13H2,1-3H3,(H8-,35,36,37,38,40,41,42,47,51,52,53,54,55,56,57,58)/t14-,15-,16-,17-,21-,22-,23-,24-,25-,30-,31-,32-/m1/s1. The van der Waals surface area contributed by atoms with Gasteiger partial charge in [0.25, 0.3) is 24.9 Å². The molecule has 11 N–H and O–H groups in total. The molecule has 5 aromatic rings. The molecule has 0 aliphatic carbocycles. The third-order valence-electron chi connectivity index (χ3n) is 11.5. The molecule has 3 unspecified atom stereocenters. The number of nitrogen functional groups attached to an aromatic ring is 2. The number of rotatable bonds is 21. The Kier molecular flexibility index (Phi) is 16.0. The van der Waals surface area contributed by atoms with Gasteiger partial charge >= 0.3 is 27.0 Å². The Labute approximate surface area is 406 Å². The number of H-pyrrole nitrogens is 2. The summed E-state index contributed by atoms with van der Waals surface area (Å²) in [6.45, 7) is -2.48. The fourth-order valence-corrected chi connectivity index (χ4v) is 12.9. The van der Waals surface area contributed by atoms with Crippen LogP contribution in [0.3, 0.4) is 0 Å². The molecule has 0 saturated carbocycles. The van der Waals surface area contributed by atoms with Crippen molar-refractivity contribution in [2.24, 2.45) is 13.0 Å². The zero-order valence-corrected chi connectivity index (χ0v) is 41.0. The molecule has 0 bridgehead atoms. The minimum atomic E-state index is -6.11. The summed E-state index contributed by atoms with van der Waals surface area (Å²) < 4.78 is 97.0. The van der Waals surface area contributed by atoms with Gasteiger partial charge < -0.3 is 74.4 Å². The third kappa shape index (κ3) is 11.3. The van der Waals surface area contributed by atoms with Crippen molar-refractivity contribution >= 4 is 69.3 Å². The first kappa shape index (κ1) is 53.9. The Balaban J connectivity index is 0.911. The molecule has 34 nitrogen and oxygen atoms in total. The van der Waals surface area contributed by atoms with Crippen molar-refractivity contribution in [3.8, 4) is 0 Å². The average molecular weight is 1100 g/mol. The van der Waals surface area contributed by atoms with Crippen molar-refractivity contribution in [3.63, 3.8) is 0 Å². The van der Waals surface area contributed by atoms with E-state index >= 15 is 0 Å². The van der Waals surface area contributed by atoms with E-state index in [0.717, 1.165) is 34.9 Å². The maximum atomic E-state index is 13.2. The second-order valence-corrected chi connectivity index (χ2v) is 21.8. The number of aryl methyl sites for hydroxylation is 1. The van der Waals surface area contributed by atoms with E-state index in [9.17, 15) is 58.1 Å². The molecule has 0 radical (unpaired) electrons. The van der Waals surface area contributed by atoms with Crippen LogP contribution in [0.15, 0.2) is 45.6 Å². The number of nitrogens with two attached hydrogens (primary N) is 2. The molecule has 396 valence electrons. The monoisotopic (exact) mass is 1100 g/mol. The highest BCUT2D eigenvalue weighted by Gasteiger charge is 2.51. The van der Waals surface area contributed by atoms with E-state index in [1.54, 1.807) is 0 Å².